The van der Waals surface area contributed by atoms with E-state index in [2.05, 4.69) is 15.8 Å². The number of carbonyl (C=O) groups is 1. The second-order valence-corrected chi connectivity index (χ2v) is 6.62. The van der Waals surface area contributed by atoms with Gasteiger partial charge in [-0.2, -0.15) is 5.10 Å². The molecule has 0 aliphatic carbocycles. The highest BCUT2D eigenvalue weighted by Crippen LogP contribution is 2.29. The van der Waals surface area contributed by atoms with Crippen LogP contribution in [0, 0.1) is 17.0 Å². The first-order valence-corrected chi connectivity index (χ1v) is 9.26. The van der Waals surface area contributed by atoms with Gasteiger partial charge in [0.2, 0.25) is 0 Å². The van der Waals surface area contributed by atoms with Gasteiger partial charge in [0.25, 0.3) is 11.6 Å². The molecule has 3 rings (SSSR count). The molecule has 2 aromatic rings. The number of hydrogen-bond donors (Lipinski definition) is 2. The van der Waals surface area contributed by atoms with Crippen molar-refractivity contribution < 1.29 is 14.5 Å². The molecule has 1 aliphatic rings. The summed E-state index contributed by atoms with van der Waals surface area (Å²) < 4.78 is 5.30. The molecule has 0 unspecified atom stereocenters. The number of nitro groups is 1. The summed E-state index contributed by atoms with van der Waals surface area (Å²) >= 11 is 0. The van der Waals surface area contributed by atoms with Crippen LogP contribution in [0.4, 0.5) is 17.1 Å². The molecule has 1 amide bonds. The predicted molar refractivity (Wildman–Crippen MR) is 112 cm³/mol. The lowest BCUT2D eigenvalue weighted by molar-refractivity contribution is -0.384. The third-order valence-electron chi connectivity index (χ3n) is 4.46. The molecule has 9 nitrogen and oxygen atoms in total. The lowest BCUT2D eigenvalue weighted by atomic mass is 10.1. The van der Waals surface area contributed by atoms with E-state index < -0.39 is 4.92 Å². The fourth-order valence-electron chi connectivity index (χ4n) is 2.91. The zero-order valence-corrected chi connectivity index (χ0v) is 16.1. The molecular formula is C20H23N5O4. The second kappa shape index (κ2) is 9.65. The number of nitro benzene ring substituents is 1. The molecule has 2 aromatic carbocycles. The van der Waals surface area contributed by atoms with E-state index in [1.54, 1.807) is 12.1 Å². The van der Waals surface area contributed by atoms with Crippen molar-refractivity contribution in [2.24, 2.45) is 5.10 Å². The average molecular weight is 397 g/mol. The van der Waals surface area contributed by atoms with Crippen molar-refractivity contribution in [1.29, 1.82) is 0 Å². The highest BCUT2D eigenvalue weighted by atomic mass is 16.6. The van der Waals surface area contributed by atoms with Gasteiger partial charge < -0.3 is 15.0 Å². The Balaban J connectivity index is 1.58. The molecule has 1 saturated heterocycles. The van der Waals surface area contributed by atoms with E-state index >= 15 is 0 Å². The number of amides is 1. The number of hydrogen-bond acceptors (Lipinski definition) is 7. The molecule has 1 fully saturated rings. The van der Waals surface area contributed by atoms with E-state index in [1.165, 1.54) is 12.3 Å². The molecule has 0 radical (unpaired) electrons. The number of hydrazone groups is 1. The first-order chi connectivity index (χ1) is 14.0. The Hall–Kier alpha value is -3.46. The number of benzene rings is 2. The normalized spacial score (nSPS) is 14.0. The van der Waals surface area contributed by atoms with Gasteiger partial charge in [0, 0.05) is 30.4 Å². The molecule has 1 heterocycles. The van der Waals surface area contributed by atoms with Crippen LogP contribution in [0.15, 0.2) is 47.6 Å². The third kappa shape index (κ3) is 5.76. The van der Waals surface area contributed by atoms with Gasteiger partial charge in [-0.25, -0.2) is 5.43 Å². The zero-order chi connectivity index (χ0) is 20.6. The van der Waals surface area contributed by atoms with Gasteiger partial charge in [-0.3, -0.25) is 14.9 Å². The van der Waals surface area contributed by atoms with Crippen molar-refractivity contribution in [2.45, 2.75) is 6.92 Å². The van der Waals surface area contributed by atoms with E-state index in [1.807, 2.05) is 36.1 Å². The van der Waals surface area contributed by atoms with Crippen molar-refractivity contribution in [3.05, 3.63) is 63.7 Å². The molecule has 0 saturated carbocycles. The number of ether oxygens (including phenoxy) is 1. The molecule has 152 valence electrons. The average Bonchev–Trinajstić information content (AvgIpc) is 2.74. The predicted octanol–water partition coefficient (Wildman–Crippen LogP) is 2.30. The lowest BCUT2D eigenvalue weighted by Gasteiger charge is -2.28. The van der Waals surface area contributed by atoms with E-state index in [0.717, 1.165) is 11.3 Å². The van der Waals surface area contributed by atoms with Crippen LogP contribution in [0.5, 0.6) is 0 Å². The lowest BCUT2D eigenvalue weighted by Crippen LogP contribution is -2.36. The Morgan fingerprint density at radius 3 is 2.66 bits per heavy atom. The topological polar surface area (TPSA) is 109 Å². The smallest absolute Gasteiger partial charge is 0.293 e. The van der Waals surface area contributed by atoms with Crippen LogP contribution in [-0.4, -0.2) is 49.9 Å². The molecule has 9 heteroatoms. The van der Waals surface area contributed by atoms with Gasteiger partial charge in [-0.1, -0.05) is 23.8 Å². The molecule has 0 spiro atoms. The number of anilines is 2. The van der Waals surface area contributed by atoms with Crippen molar-refractivity contribution in [1.82, 2.24) is 5.43 Å². The quantitative estimate of drug-likeness (QED) is 0.422. The Kier molecular flexibility index (Phi) is 6.75. The standard InChI is InChI=1S/C20H23N5O4/c1-15-2-5-17(6-3-15)21-14-20(26)23-22-13-16-4-7-18(19(12-16)25(27)28)24-8-10-29-11-9-24/h2-7,12-13,21H,8-11,14H2,1H3,(H,23,26)/b22-13-. The van der Waals surface area contributed by atoms with Crippen LogP contribution in [0.3, 0.4) is 0 Å². The van der Waals surface area contributed by atoms with Crippen molar-refractivity contribution in [2.75, 3.05) is 43.1 Å². The highest BCUT2D eigenvalue weighted by Gasteiger charge is 2.21. The van der Waals surface area contributed by atoms with Gasteiger partial charge in [-0.15, -0.1) is 0 Å². The van der Waals surface area contributed by atoms with E-state index in [9.17, 15) is 14.9 Å². The van der Waals surface area contributed by atoms with Gasteiger partial charge >= 0.3 is 0 Å². The zero-order valence-electron chi connectivity index (χ0n) is 16.1. The number of aryl methyl sites for hydroxylation is 1. The second-order valence-electron chi connectivity index (χ2n) is 6.62. The number of nitrogens with one attached hydrogen (secondary N) is 2. The number of rotatable bonds is 7. The summed E-state index contributed by atoms with van der Waals surface area (Å²) in [5.41, 5.74) is 5.47. The van der Waals surface area contributed by atoms with Crippen LogP contribution in [0.25, 0.3) is 0 Å². The number of carbonyl (C=O) groups excluding carboxylic acids is 1. The van der Waals surface area contributed by atoms with Gasteiger partial charge in [-0.05, 0) is 25.1 Å². The van der Waals surface area contributed by atoms with Crippen LogP contribution < -0.4 is 15.6 Å². The SMILES string of the molecule is Cc1ccc(NCC(=O)N/N=C\c2ccc(N3CCOCC3)c([N+](=O)[O-])c2)cc1. The minimum atomic E-state index is -0.411. The fraction of sp³-hybridized carbons (Fsp3) is 0.300. The first kappa shape index (κ1) is 20.3. The molecule has 0 bridgehead atoms. The van der Waals surface area contributed by atoms with Crippen LogP contribution in [0.2, 0.25) is 0 Å². The summed E-state index contributed by atoms with van der Waals surface area (Å²) in [6, 6.07) is 12.6. The Bertz CT molecular complexity index is 892. The summed E-state index contributed by atoms with van der Waals surface area (Å²) in [6.45, 7) is 4.36. The highest BCUT2D eigenvalue weighted by molar-refractivity contribution is 5.86. The Morgan fingerprint density at radius 1 is 1.24 bits per heavy atom. The minimum absolute atomic E-state index is 0.00298. The molecule has 29 heavy (non-hydrogen) atoms. The fourth-order valence-corrected chi connectivity index (χ4v) is 2.91. The summed E-state index contributed by atoms with van der Waals surface area (Å²) in [4.78, 5) is 24.9. The Morgan fingerprint density at radius 2 is 1.97 bits per heavy atom. The van der Waals surface area contributed by atoms with E-state index in [-0.39, 0.29) is 18.1 Å². The van der Waals surface area contributed by atoms with Crippen molar-refractivity contribution in [3.8, 4) is 0 Å². The van der Waals surface area contributed by atoms with Crippen LogP contribution >= 0.6 is 0 Å². The Labute approximate surface area is 168 Å². The van der Waals surface area contributed by atoms with Crippen molar-refractivity contribution in [3.63, 3.8) is 0 Å². The molecule has 0 atom stereocenters. The van der Waals surface area contributed by atoms with Crippen LogP contribution in [-0.2, 0) is 9.53 Å². The first-order valence-electron chi connectivity index (χ1n) is 9.26. The molecular weight excluding hydrogens is 374 g/mol. The maximum Gasteiger partial charge on any atom is 0.293 e. The molecule has 1 aliphatic heterocycles. The number of morpholine rings is 1. The summed E-state index contributed by atoms with van der Waals surface area (Å²) in [5, 5.41) is 18.4. The van der Waals surface area contributed by atoms with E-state index in [0.29, 0.717) is 37.6 Å². The largest absolute Gasteiger partial charge is 0.378 e. The summed E-state index contributed by atoms with van der Waals surface area (Å²) in [7, 11) is 0. The van der Waals surface area contributed by atoms with Gasteiger partial charge in [0.05, 0.1) is 30.9 Å². The monoisotopic (exact) mass is 397 g/mol. The summed E-state index contributed by atoms with van der Waals surface area (Å²) in [5.74, 6) is -0.318. The van der Waals surface area contributed by atoms with Gasteiger partial charge in [0.15, 0.2) is 0 Å². The van der Waals surface area contributed by atoms with Crippen molar-refractivity contribution >= 4 is 29.2 Å². The molecule has 0 aromatic heterocycles. The maximum absolute atomic E-state index is 11.9. The minimum Gasteiger partial charge on any atom is -0.378 e. The summed E-state index contributed by atoms with van der Waals surface area (Å²) in [6.07, 6.45) is 1.39. The number of nitrogens with zero attached hydrogens (tertiary/aromatic N) is 3. The maximum atomic E-state index is 11.9. The van der Waals surface area contributed by atoms with Crippen LogP contribution in [0.1, 0.15) is 11.1 Å². The molecule has 2 N–H and O–H groups in total. The van der Waals surface area contributed by atoms with E-state index in [4.69, 9.17) is 4.74 Å². The third-order valence-corrected chi connectivity index (χ3v) is 4.46. The van der Waals surface area contributed by atoms with Gasteiger partial charge in [0.1, 0.15) is 5.69 Å².